The van der Waals surface area contributed by atoms with Gasteiger partial charge in [0.1, 0.15) is 29.2 Å². The van der Waals surface area contributed by atoms with Gasteiger partial charge in [-0.25, -0.2) is 9.97 Å². The van der Waals surface area contributed by atoms with Crippen LogP contribution in [0.15, 0.2) is 33.9 Å². The number of amides is 1. The van der Waals surface area contributed by atoms with E-state index in [9.17, 15) is 9.59 Å². The van der Waals surface area contributed by atoms with Crippen molar-refractivity contribution in [2.45, 2.75) is 44.7 Å². The molecule has 2 N–H and O–H groups in total. The molecule has 1 aliphatic carbocycles. The zero-order chi connectivity index (χ0) is 18.6. The van der Waals surface area contributed by atoms with Crippen molar-refractivity contribution in [1.29, 1.82) is 0 Å². The number of pyridine rings is 1. The van der Waals surface area contributed by atoms with Crippen molar-refractivity contribution in [2.75, 3.05) is 5.32 Å². The summed E-state index contributed by atoms with van der Waals surface area (Å²) < 4.78 is 6.97. The van der Waals surface area contributed by atoms with Gasteiger partial charge in [-0.1, -0.05) is 6.42 Å². The average molecular weight is 365 g/mol. The molecule has 0 atom stereocenters. The summed E-state index contributed by atoms with van der Waals surface area (Å²) in [5.74, 6) is 0.332. The van der Waals surface area contributed by atoms with Gasteiger partial charge in [0.25, 0.3) is 11.5 Å². The number of carbonyl (C=O) groups is 1. The largest absolute Gasteiger partial charge is 0.446 e. The first-order valence-electron chi connectivity index (χ1n) is 9.14. The molecule has 0 aromatic carbocycles. The summed E-state index contributed by atoms with van der Waals surface area (Å²) in [6.07, 6.45) is 7.57. The van der Waals surface area contributed by atoms with Crippen LogP contribution in [0.1, 0.15) is 48.2 Å². The topological polar surface area (TPSA) is 102 Å². The number of carbonyl (C=O) groups excluding carboxylic acids is 1. The maximum absolute atomic E-state index is 13.4. The molecule has 2 aliphatic rings. The predicted octanol–water partition coefficient (Wildman–Crippen LogP) is 2.80. The van der Waals surface area contributed by atoms with Gasteiger partial charge in [-0.3, -0.25) is 14.2 Å². The number of nitrogens with one attached hydrogen (secondary N) is 2. The van der Waals surface area contributed by atoms with Crippen molar-refractivity contribution in [2.24, 2.45) is 0 Å². The maximum Gasteiger partial charge on any atom is 0.276 e. The van der Waals surface area contributed by atoms with Crippen LogP contribution in [-0.2, 0) is 5.66 Å². The summed E-state index contributed by atoms with van der Waals surface area (Å²) in [4.78, 5) is 34.3. The van der Waals surface area contributed by atoms with Gasteiger partial charge in [-0.2, -0.15) is 0 Å². The van der Waals surface area contributed by atoms with Crippen molar-refractivity contribution in [3.05, 3.63) is 46.3 Å². The molecular weight excluding hydrogens is 346 g/mol. The minimum Gasteiger partial charge on any atom is -0.446 e. The van der Waals surface area contributed by atoms with Crippen molar-refractivity contribution in [1.82, 2.24) is 19.9 Å². The van der Waals surface area contributed by atoms with E-state index in [1.54, 1.807) is 16.7 Å². The first-order chi connectivity index (χ1) is 13.1. The van der Waals surface area contributed by atoms with E-state index in [-0.39, 0.29) is 11.5 Å². The van der Waals surface area contributed by atoms with Gasteiger partial charge in [0.05, 0.1) is 11.6 Å². The van der Waals surface area contributed by atoms with Crippen LogP contribution in [0.2, 0.25) is 0 Å². The van der Waals surface area contributed by atoms with Crippen molar-refractivity contribution in [3.8, 4) is 0 Å². The minimum absolute atomic E-state index is 0.169. The molecule has 5 rings (SSSR count). The third-order valence-electron chi connectivity index (χ3n) is 5.58. The van der Waals surface area contributed by atoms with Crippen molar-refractivity contribution in [3.63, 3.8) is 0 Å². The number of hydrogen-bond acceptors (Lipinski definition) is 6. The standard InChI is InChI=1S/C19H19N5O3/c1-11-9-13(22-15-12-5-8-27-17(12)21-10-20-15)18(26)24-14(11)16(25)23-19(24)6-3-2-4-7-19/h5,8-10H,2-4,6-7H2,1H3,(H,23,25)(H,20,21,22). The molecule has 0 radical (unpaired) electrons. The summed E-state index contributed by atoms with van der Waals surface area (Å²) in [6.45, 7) is 1.85. The highest BCUT2D eigenvalue weighted by molar-refractivity contribution is 5.97. The van der Waals surface area contributed by atoms with Crippen LogP contribution in [0.5, 0.6) is 0 Å². The van der Waals surface area contributed by atoms with Crippen LogP contribution in [0, 0.1) is 6.92 Å². The molecule has 1 aliphatic heterocycles. The van der Waals surface area contributed by atoms with E-state index >= 15 is 0 Å². The minimum atomic E-state index is -0.610. The second-order valence-corrected chi connectivity index (χ2v) is 7.26. The molecule has 138 valence electrons. The lowest BCUT2D eigenvalue weighted by Gasteiger charge is -2.35. The summed E-state index contributed by atoms with van der Waals surface area (Å²) >= 11 is 0. The third-order valence-corrected chi connectivity index (χ3v) is 5.58. The molecule has 3 aromatic rings. The highest BCUT2D eigenvalue weighted by Crippen LogP contribution is 2.37. The Kier molecular flexibility index (Phi) is 3.37. The predicted molar refractivity (Wildman–Crippen MR) is 99.1 cm³/mol. The van der Waals surface area contributed by atoms with E-state index in [2.05, 4.69) is 20.6 Å². The van der Waals surface area contributed by atoms with Crippen LogP contribution in [-0.4, -0.2) is 20.4 Å². The first kappa shape index (κ1) is 16.0. The Morgan fingerprint density at radius 2 is 2.04 bits per heavy atom. The quantitative estimate of drug-likeness (QED) is 0.724. The van der Waals surface area contributed by atoms with E-state index in [1.165, 1.54) is 12.6 Å². The van der Waals surface area contributed by atoms with Gasteiger partial charge < -0.3 is 15.1 Å². The molecular formula is C19H19N5O3. The zero-order valence-electron chi connectivity index (χ0n) is 14.9. The summed E-state index contributed by atoms with van der Waals surface area (Å²) in [7, 11) is 0. The molecule has 27 heavy (non-hydrogen) atoms. The molecule has 1 spiro atoms. The number of fused-ring (bicyclic) bond motifs is 3. The summed E-state index contributed by atoms with van der Waals surface area (Å²) in [5.41, 5.74) is 1.23. The molecule has 4 heterocycles. The van der Waals surface area contributed by atoms with Crippen LogP contribution in [0.3, 0.4) is 0 Å². The normalized spacial score (nSPS) is 17.9. The molecule has 0 unspecified atom stereocenters. The summed E-state index contributed by atoms with van der Waals surface area (Å²) in [5, 5.41) is 6.91. The fourth-order valence-electron chi connectivity index (χ4n) is 4.35. The van der Waals surface area contributed by atoms with Gasteiger partial charge in [-0.05, 0) is 50.3 Å². The molecule has 1 amide bonds. The van der Waals surface area contributed by atoms with Gasteiger partial charge in [-0.15, -0.1) is 0 Å². The highest BCUT2D eigenvalue weighted by Gasteiger charge is 2.45. The Bertz CT molecular complexity index is 1120. The van der Waals surface area contributed by atoms with Crippen LogP contribution in [0.25, 0.3) is 11.1 Å². The maximum atomic E-state index is 13.4. The number of rotatable bonds is 2. The first-order valence-corrected chi connectivity index (χ1v) is 9.14. The molecule has 0 saturated heterocycles. The smallest absolute Gasteiger partial charge is 0.276 e. The number of hydrogen-bond donors (Lipinski definition) is 2. The van der Waals surface area contributed by atoms with E-state index in [0.29, 0.717) is 28.3 Å². The number of furan rings is 1. The highest BCUT2D eigenvalue weighted by atomic mass is 16.3. The lowest BCUT2D eigenvalue weighted by molar-refractivity contribution is 0.0876. The lowest BCUT2D eigenvalue weighted by Crippen LogP contribution is -2.48. The Labute approximate surface area is 154 Å². The van der Waals surface area contributed by atoms with E-state index < -0.39 is 5.66 Å². The monoisotopic (exact) mass is 365 g/mol. The van der Waals surface area contributed by atoms with Gasteiger partial charge in [0, 0.05) is 0 Å². The Balaban J connectivity index is 1.67. The SMILES string of the molecule is Cc1cc(Nc2ncnc3occc23)c(=O)n2c1C(=O)NC21CCCCC1. The fraction of sp³-hybridized carbons (Fsp3) is 0.368. The molecule has 1 saturated carbocycles. The number of aryl methyl sites for hydroxylation is 1. The Hall–Kier alpha value is -3.16. The van der Waals surface area contributed by atoms with Crippen LogP contribution in [0.4, 0.5) is 11.5 Å². The molecule has 1 fully saturated rings. The molecule has 8 nitrogen and oxygen atoms in total. The number of nitrogens with zero attached hydrogens (tertiary/aromatic N) is 3. The molecule has 0 bridgehead atoms. The van der Waals surface area contributed by atoms with Crippen LogP contribution >= 0.6 is 0 Å². The molecule has 3 aromatic heterocycles. The van der Waals surface area contributed by atoms with Gasteiger partial charge in [0.2, 0.25) is 5.71 Å². The van der Waals surface area contributed by atoms with E-state index in [1.807, 2.05) is 6.92 Å². The average Bonchev–Trinajstić information content (AvgIpc) is 3.24. The van der Waals surface area contributed by atoms with Crippen molar-refractivity contribution < 1.29 is 9.21 Å². The lowest BCUT2D eigenvalue weighted by atomic mass is 9.89. The second kappa shape index (κ2) is 5.67. The Morgan fingerprint density at radius 3 is 2.85 bits per heavy atom. The molecule has 8 heteroatoms. The third kappa shape index (κ3) is 2.29. The second-order valence-electron chi connectivity index (χ2n) is 7.26. The van der Waals surface area contributed by atoms with E-state index in [0.717, 1.165) is 37.7 Å². The van der Waals surface area contributed by atoms with Gasteiger partial charge in [0.15, 0.2) is 0 Å². The Morgan fingerprint density at radius 1 is 1.22 bits per heavy atom. The van der Waals surface area contributed by atoms with Crippen molar-refractivity contribution >= 4 is 28.5 Å². The zero-order valence-corrected chi connectivity index (χ0v) is 14.9. The number of aromatic nitrogens is 3. The number of anilines is 2. The fourth-order valence-corrected chi connectivity index (χ4v) is 4.35. The van der Waals surface area contributed by atoms with Gasteiger partial charge >= 0.3 is 0 Å². The van der Waals surface area contributed by atoms with Crippen LogP contribution < -0.4 is 16.2 Å². The summed E-state index contributed by atoms with van der Waals surface area (Å²) in [6, 6.07) is 3.47. The van der Waals surface area contributed by atoms with E-state index in [4.69, 9.17) is 4.42 Å².